The first-order valence-corrected chi connectivity index (χ1v) is 9.69. The van der Waals surface area contributed by atoms with Crippen molar-refractivity contribution in [3.63, 3.8) is 0 Å². The lowest BCUT2D eigenvalue weighted by Crippen LogP contribution is -2.34. The standard InChI is InChI=1S/C18H25N5O5/c1-2-12(24)27-7-11-14(25)15(26)18(28-11)23-9-21-13-16(19-8-20-17(13)23)22-10-5-3-4-6-10/h8-11,14-15,18,25-26H,2-7H2,1H3,(H,19,20,22)/t11?,14-,15-,18?/m1/s1. The lowest BCUT2D eigenvalue weighted by Gasteiger charge is -2.17. The van der Waals surface area contributed by atoms with Gasteiger partial charge in [0.15, 0.2) is 23.2 Å². The SMILES string of the molecule is CCC(=O)OCC1OC(n2cnc3c(NC4CCCC4)ncnc32)[C@H](O)[C@@H]1O. The third kappa shape index (κ3) is 3.54. The summed E-state index contributed by atoms with van der Waals surface area (Å²) in [5, 5.41) is 24.2. The molecule has 152 valence electrons. The molecule has 0 amide bonds. The molecule has 2 aliphatic rings. The van der Waals surface area contributed by atoms with E-state index in [2.05, 4.69) is 20.3 Å². The summed E-state index contributed by atoms with van der Waals surface area (Å²) < 4.78 is 12.4. The van der Waals surface area contributed by atoms with Crippen LogP contribution >= 0.6 is 0 Å². The summed E-state index contributed by atoms with van der Waals surface area (Å²) in [5.41, 5.74) is 1.08. The molecular formula is C18H25N5O5. The van der Waals surface area contributed by atoms with Crippen molar-refractivity contribution in [1.29, 1.82) is 0 Å². The van der Waals surface area contributed by atoms with Crippen molar-refractivity contribution >= 4 is 23.0 Å². The minimum absolute atomic E-state index is 0.127. The van der Waals surface area contributed by atoms with E-state index >= 15 is 0 Å². The molecule has 10 heteroatoms. The molecule has 4 atom stereocenters. The van der Waals surface area contributed by atoms with Crippen molar-refractivity contribution in [1.82, 2.24) is 19.5 Å². The number of aliphatic hydroxyl groups is 2. The van der Waals surface area contributed by atoms with Crippen LogP contribution in [0.25, 0.3) is 11.2 Å². The third-order valence-corrected chi connectivity index (χ3v) is 5.36. The highest BCUT2D eigenvalue weighted by Crippen LogP contribution is 2.33. The molecule has 0 bridgehead atoms. The molecule has 2 aromatic rings. The van der Waals surface area contributed by atoms with Crippen LogP contribution in [0.2, 0.25) is 0 Å². The molecule has 0 radical (unpaired) electrons. The Kier molecular flexibility index (Phi) is 5.42. The molecule has 3 N–H and O–H groups in total. The molecule has 2 unspecified atom stereocenters. The fraction of sp³-hybridized carbons (Fsp3) is 0.667. The Morgan fingerprint density at radius 3 is 2.82 bits per heavy atom. The third-order valence-electron chi connectivity index (χ3n) is 5.36. The Hall–Kier alpha value is -2.30. The molecule has 3 heterocycles. The quantitative estimate of drug-likeness (QED) is 0.610. The number of rotatable bonds is 6. The predicted octanol–water partition coefficient (Wildman–Crippen LogP) is 0.753. The number of esters is 1. The summed E-state index contributed by atoms with van der Waals surface area (Å²) in [5.74, 6) is 0.259. The number of hydrogen-bond acceptors (Lipinski definition) is 9. The second-order valence-corrected chi connectivity index (χ2v) is 7.25. The van der Waals surface area contributed by atoms with Crippen LogP contribution in [0, 0.1) is 0 Å². The average molecular weight is 391 g/mol. The first-order valence-electron chi connectivity index (χ1n) is 9.69. The van der Waals surface area contributed by atoms with E-state index in [0.29, 0.717) is 23.0 Å². The molecule has 4 rings (SSSR count). The number of nitrogens with zero attached hydrogens (tertiary/aromatic N) is 4. The van der Waals surface area contributed by atoms with E-state index in [4.69, 9.17) is 9.47 Å². The molecular weight excluding hydrogens is 366 g/mol. The van der Waals surface area contributed by atoms with E-state index in [0.717, 1.165) is 12.8 Å². The van der Waals surface area contributed by atoms with Crippen LogP contribution < -0.4 is 5.32 Å². The number of nitrogens with one attached hydrogen (secondary N) is 1. The van der Waals surface area contributed by atoms with Gasteiger partial charge in [-0.3, -0.25) is 9.36 Å². The smallest absolute Gasteiger partial charge is 0.305 e. The van der Waals surface area contributed by atoms with E-state index in [9.17, 15) is 15.0 Å². The monoisotopic (exact) mass is 391 g/mol. The van der Waals surface area contributed by atoms with Gasteiger partial charge in [-0.05, 0) is 12.8 Å². The first-order chi connectivity index (χ1) is 13.6. The van der Waals surface area contributed by atoms with Gasteiger partial charge in [-0.15, -0.1) is 0 Å². The first kappa shape index (κ1) is 19.0. The van der Waals surface area contributed by atoms with E-state index < -0.39 is 30.5 Å². The van der Waals surface area contributed by atoms with Gasteiger partial charge in [0.25, 0.3) is 0 Å². The zero-order chi connectivity index (χ0) is 19.7. The second-order valence-electron chi connectivity index (χ2n) is 7.25. The second kappa shape index (κ2) is 7.98. The van der Waals surface area contributed by atoms with Gasteiger partial charge in [-0.25, -0.2) is 15.0 Å². The highest BCUT2D eigenvalue weighted by Gasteiger charge is 2.45. The lowest BCUT2D eigenvalue weighted by molar-refractivity contribution is -0.149. The molecule has 28 heavy (non-hydrogen) atoms. The maximum atomic E-state index is 11.4. The van der Waals surface area contributed by atoms with Crippen molar-refractivity contribution in [2.45, 2.75) is 69.6 Å². The summed E-state index contributed by atoms with van der Waals surface area (Å²) in [4.78, 5) is 24.3. The van der Waals surface area contributed by atoms with Crippen molar-refractivity contribution < 1.29 is 24.5 Å². The lowest BCUT2D eigenvalue weighted by atomic mass is 10.1. The largest absolute Gasteiger partial charge is 0.463 e. The van der Waals surface area contributed by atoms with Gasteiger partial charge in [0, 0.05) is 12.5 Å². The number of aliphatic hydroxyl groups excluding tert-OH is 2. The van der Waals surface area contributed by atoms with Crippen molar-refractivity contribution in [2.75, 3.05) is 11.9 Å². The highest BCUT2D eigenvalue weighted by atomic mass is 16.6. The van der Waals surface area contributed by atoms with E-state index in [1.165, 1.54) is 25.5 Å². The fourth-order valence-corrected chi connectivity index (χ4v) is 3.78. The summed E-state index contributed by atoms with van der Waals surface area (Å²) in [6, 6.07) is 0.371. The molecule has 0 spiro atoms. The zero-order valence-electron chi connectivity index (χ0n) is 15.7. The summed E-state index contributed by atoms with van der Waals surface area (Å²) in [6.07, 6.45) is 3.67. The van der Waals surface area contributed by atoms with Gasteiger partial charge in [0.2, 0.25) is 0 Å². The molecule has 2 aromatic heterocycles. The number of fused-ring (bicyclic) bond motifs is 1. The van der Waals surface area contributed by atoms with Crippen LogP contribution in [0.5, 0.6) is 0 Å². The maximum absolute atomic E-state index is 11.4. The van der Waals surface area contributed by atoms with Crippen LogP contribution in [-0.4, -0.2) is 66.7 Å². The Morgan fingerprint density at radius 1 is 1.29 bits per heavy atom. The molecule has 2 fully saturated rings. The van der Waals surface area contributed by atoms with Gasteiger partial charge in [0.1, 0.15) is 31.2 Å². The van der Waals surface area contributed by atoms with Crippen molar-refractivity contribution in [3.05, 3.63) is 12.7 Å². The molecule has 1 saturated carbocycles. The maximum Gasteiger partial charge on any atom is 0.305 e. The number of imidazole rings is 1. The van der Waals surface area contributed by atoms with Crippen LogP contribution in [-0.2, 0) is 14.3 Å². The Labute approximate surface area is 161 Å². The number of ether oxygens (including phenoxy) is 2. The van der Waals surface area contributed by atoms with E-state index in [1.807, 2.05) is 0 Å². The van der Waals surface area contributed by atoms with Crippen LogP contribution in [0.3, 0.4) is 0 Å². The Morgan fingerprint density at radius 2 is 2.07 bits per heavy atom. The number of carbonyl (C=O) groups is 1. The summed E-state index contributed by atoms with van der Waals surface area (Å²) >= 11 is 0. The van der Waals surface area contributed by atoms with Crippen LogP contribution in [0.4, 0.5) is 5.82 Å². The Balaban J connectivity index is 1.54. The number of anilines is 1. The van der Waals surface area contributed by atoms with Gasteiger partial charge in [-0.2, -0.15) is 0 Å². The Bertz CT molecular complexity index is 837. The van der Waals surface area contributed by atoms with Gasteiger partial charge in [0.05, 0.1) is 6.33 Å². The molecule has 10 nitrogen and oxygen atoms in total. The molecule has 0 aromatic carbocycles. The summed E-state index contributed by atoms with van der Waals surface area (Å²) in [7, 11) is 0. The predicted molar refractivity (Wildman–Crippen MR) is 98.4 cm³/mol. The minimum atomic E-state index is -1.20. The molecule has 1 aliphatic carbocycles. The van der Waals surface area contributed by atoms with Gasteiger partial charge in [-0.1, -0.05) is 19.8 Å². The van der Waals surface area contributed by atoms with Crippen LogP contribution in [0.1, 0.15) is 45.3 Å². The molecule has 1 aliphatic heterocycles. The number of hydrogen-bond donors (Lipinski definition) is 3. The average Bonchev–Trinajstić information content (AvgIpc) is 3.42. The van der Waals surface area contributed by atoms with Crippen LogP contribution in [0.15, 0.2) is 12.7 Å². The normalized spacial score (nSPS) is 28.1. The van der Waals surface area contributed by atoms with E-state index in [1.54, 1.807) is 11.5 Å². The zero-order valence-corrected chi connectivity index (χ0v) is 15.7. The fourth-order valence-electron chi connectivity index (χ4n) is 3.78. The van der Waals surface area contributed by atoms with E-state index in [-0.39, 0.29) is 13.0 Å². The van der Waals surface area contributed by atoms with Gasteiger partial charge >= 0.3 is 5.97 Å². The number of carbonyl (C=O) groups excluding carboxylic acids is 1. The number of aromatic nitrogens is 4. The van der Waals surface area contributed by atoms with Gasteiger partial charge < -0.3 is 25.0 Å². The van der Waals surface area contributed by atoms with Crippen molar-refractivity contribution in [2.24, 2.45) is 0 Å². The van der Waals surface area contributed by atoms with Crippen molar-refractivity contribution in [3.8, 4) is 0 Å². The molecule has 1 saturated heterocycles. The highest BCUT2D eigenvalue weighted by molar-refractivity contribution is 5.82. The summed E-state index contributed by atoms with van der Waals surface area (Å²) in [6.45, 7) is 1.55. The topological polar surface area (TPSA) is 132 Å². The minimum Gasteiger partial charge on any atom is -0.463 e.